The SMILES string of the molecule is COC(=O)[C@]12C(=O)O[C@@]3(CCCC[C@H]13)C(=O)c1c(OC)cccc12. The summed E-state index contributed by atoms with van der Waals surface area (Å²) in [6, 6.07) is 4.97. The van der Waals surface area contributed by atoms with Crippen molar-refractivity contribution in [2.24, 2.45) is 5.92 Å². The number of ether oxygens (including phenoxy) is 3. The second kappa shape index (κ2) is 4.82. The van der Waals surface area contributed by atoms with Gasteiger partial charge in [0, 0.05) is 5.92 Å². The van der Waals surface area contributed by atoms with Gasteiger partial charge in [0.15, 0.2) is 11.0 Å². The van der Waals surface area contributed by atoms with E-state index in [1.54, 1.807) is 18.2 Å². The highest BCUT2D eigenvalue weighted by atomic mass is 16.6. The van der Waals surface area contributed by atoms with Crippen LogP contribution in [0.1, 0.15) is 41.6 Å². The van der Waals surface area contributed by atoms with Gasteiger partial charge in [-0.2, -0.15) is 0 Å². The zero-order valence-corrected chi connectivity index (χ0v) is 13.6. The Morgan fingerprint density at radius 3 is 2.75 bits per heavy atom. The number of fused-ring (bicyclic) bond motifs is 2. The molecule has 3 aliphatic rings. The van der Waals surface area contributed by atoms with Crippen LogP contribution in [0.3, 0.4) is 0 Å². The summed E-state index contributed by atoms with van der Waals surface area (Å²) < 4.78 is 16.0. The first-order valence-electron chi connectivity index (χ1n) is 8.08. The molecule has 0 radical (unpaired) electrons. The Labute approximate surface area is 139 Å². The van der Waals surface area contributed by atoms with Crippen molar-refractivity contribution in [1.29, 1.82) is 0 Å². The molecule has 0 unspecified atom stereocenters. The van der Waals surface area contributed by atoms with Crippen LogP contribution in [0.25, 0.3) is 0 Å². The predicted octanol–water partition coefficient (Wildman–Crippen LogP) is 1.79. The van der Waals surface area contributed by atoms with E-state index in [1.807, 2.05) is 0 Å². The van der Waals surface area contributed by atoms with Crippen molar-refractivity contribution >= 4 is 17.7 Å². The van der Waals surface area contributed by atoms with Crippen LogP contribution < -0.4 is 4.74 Å². The Kier molecular flexibility index (Phi) is 3.04. The average molecular weight is 330 g/mol. The first-order chi connectivity index (χ1) is 11.5. The number of Topliss-reactive ketones (excluding diaryl/α,β-unsaturated/α-hetero) is 1. The largest absolute Gasteiger partial charge is 0.496 e. The van der Waals surface area contributed by atoms with Gasteiger partial charge >= 0.3 is 11.9 Å². The molecular formula is C18H18O6. The van der Waals surface area contributed by atoms with Crippen molar-refractivity contribution in [1.82, 2.24) is 0 Å². The summed E-state index contributed by atoms with van der Waals surface area (Å²) in [5.74, 6) is -1.77. The molecule has 1 aliphatic heterocycles. The van der Waals surface area contributed by atoms with Gasteiger partial charge < -0.3 is 14.2 Å². The highest BCUT2D eigenvalue weighted by Crippen LogP contribution is 2.61. The maximum Gasteiger partial charge on any atom is 0.329 e. The molecule has 3 atom stereocenters. The Balaban J connectivity index is 2.11. The molecule has 0 amide bonds. The molecule has 2 bridgehead atoms. The summed E-state index contributed by atoms with van der Waals surface area (Å²) in [7, 11) is 2.71. The van der Waals surface area contributed by atoms with Crippen LogP contribution in [0.15, 0.2) is 18.2 Å². The number of benzene rings is 1. The number of hydrogen-bond acceptors (Lipinski definition) is 6. The van der Waals surface area contributed by atoms with E-state index in [-0.39, 0.29) is 11.3 Å². The Morgan fingerprint density at radius 2 is 2.04 bits per heavy atom. The molecule has 4 rings (SSSR count). The molecule has 0 spiro atoms. The summed E-state index contributed by atoms with van der Waals surface area (Å²) in [4.78, 5) is 39.0. The molecule has 6 nitrogen and oxygen atoms in total. The van der Waals surface area contributed by atoms with Crippen molar-refractivity contribution in [3.63, 3.8) is 0 Å². The second-order valence-corrected chi connectivity index (χ2v) is 6.59. The number of carbonyl (C=O) groups is 3. The van der Waals surface area contributed by atoms with Crippen LogP contribution in [-0.2, 0) is 24.5 Å². The van der Waals surface area contributed by atoms with Gasteiger partial charge in [0.2, 0.25) is 5.78 Å². The van der Waals surface area contributed by atoms with Gasteiger partial charge in [0.25, 0.3) is 0 Å². The lowest BCUT2D eigenvalue weighted by Gasteiger charge is -2.44. The van der Waals surface area contributed by atoms with E-state index >= 15 is 0 Å². The first-order valence-corrected chi connectivity index (χ1v) is 8.08. The fourth-order valence-corrected chi connectivity index (χ4v) is 4.81. The zero-order valence-electron chi connectivity index (χ0n) is 13.6. The third-order valence-corrected chi connectivity index (χ3v) is 5.76. The van der Waals surface area contributed by atoms with Crippen molar-refractivity contribution in [3.8, 4) is 5.75 Å². The Bertz CT molecular complexity index is 769. The minimum absolute atomic E-state index is 0.259. The molecular weight excluding hydrogens is 312 g/mol. The number of ketones is 1. The minimum Gasteiger partial charge on any atom is -0.496 e. The number of methoxy groups -OCH3 is 2. The molecule has 1 heterocycles. The van der Waals surface area contributed by atoms with Crippen LogP contribution >= 0.6 is 0 Å². The molecule has 1 aromatic carbocycles. The molecule has 2 aliphatic carbocycles. The standard InChI is InChI=1S/C18H18O6/c1-22-11-7-5-6-10-13(11)14(19)17-9-4-3-8-12(17)18(10,15(20)23-2)16(21)24-17/h5-7,12H,3-4,8-9H2,1-2H3/t12-,17+,18+/m0/s1. The molecule has 6 heteroatoms. The van der Waals surface area contributed by atoms with Crippen LogP contribution in [0, 0.1) is 5.92 Å². The molecule has 1 saturated heterocycles. The summed E-state index contributed by atoms with van der Waals surface area (Å²) in [6.45, 7) is 0. The Hall–Kier alpha value is -2.37. The van der Waals surface area contributed by atoms with Gasteiger partial charge in [-0.15, -0.1) is 0 Å². The number of rotatable bonds is 2. The molecule has 0 aromatic heterocycles. The van der Waals surface area contributed by atoms with Gasteiger partial charge in [0.05, 0.1) is 19.8 Å². The van der Waals surface area contributed by atoms with Gasteiger partial charge in [-0.05, 0) is 30.9 Å². The average Bonchev–Trinajstić information content (AvgIpc) is 2.85. The van der Waals surface area contributed by atoms with Gasteiger partial charge in [-0.1, -0.05) is 18.6 Å². The van der Waals surface area contributed by atoms with E-state index in [1.165, 1.54) is 14.2 Å². The van der Waals surface area contributed by atoms with Crippen molar-refractivity contribution in [3.05, 3.63) is 29.3 Å². The van der Waals surface area contributed by atoms with Gasteiger partial charge in [-0.3, -0.25) is 14.4 Å². The zero-order chi connectivity index (χ0) is 17.1. The van der Waals surface area contributed by atoms with E-state index in [4.69, 9.17) is 14.2 Å². The van der Waals surface area contributed by atoms with E-state index in [9.17, 15) is 14.4 Å². The maximum absolute atomic E-state index is 13.3. The number of carbonyl (C=O) groups excluding carboxylic acids is 3. The van der Waals surface area contributed by atoms with Crippen LogP contribution in [0.4, 0.5) is 0 Å². The monoisotopic (exact) mass is 330 g/mol. The first kappa shape index (κ1) is 15.2. The second-order valence-electron chi connectivity index (χ2n) is 6.59. The van der Waals surface area contributed by atoms with Crippen molar-refractivity contribution in [2.45, 2.75) is 36.7 Å². The topological polar surface area (TPSA) is 78.9 Å². The molecule has 126 valence electrons. The highest BCUT2D eigenvalue weighted by molar-refractivity contribution is 6.20. The quantitative estimate of drug-likeness (QED) is 0.608. The van der Waals surface area contributed by atoms with Crippen LogP contribution in [0.2, 0.25) is 0 Å². The third-order valence-electron chi connectivity index (χ3n) is 5.76. The van der Waals surface area contributed by atoms with E-state index < -0.39 is 28.9 Å². The molecule has 1 aromatic rings. The Morgan fingerprint density at radius 1 is 1.25 bits per heavy atom. The van der Waals surface area contributed by atoms with Gasteiger partial charge in [-0.25, -0.2) is 0 Å². The fraction of sp³-hybridized carbons (Fsp3) is 0.500. The third kappa shape index (κ3) is 1.45. The lowest BCUT2D eigenvalue weighted by atomic mass is 9.54. The summed E-state index contributed by atoms with van der Waals surface area (Å²) in [6.07, 6.45) is 2.62. The fourth-order valence-electron chi connectivity index (χ4n) is 4.81. The lowest BCUT2D eigenvalue weighted by molar-refractivity contribution is -0.158. The van der Waals surface area contributed by atoms with E-state index in [0.29, 0.717) is 24.2 Å². The minimum atomic E-state index is -1.58. The predicted molar refractivity (Wildman–Crippen MR) is 81.8 cm³/mol. The van der Waals surface area contributed by atoms with Crippen molar-refractivity contribution in [2.75, 3.05) is 14.2 Å². The summed E-state index contributed by atoms with van der Waals surface area (Å²) in [5.41, 5.74) is -2.23. The number of esters is 2. The smallest absolute Gasteiger partial charge is 0.329 e. The molecule has 2 fully saturated rings. The summed E-state index contributed by atoms with van der Waals surface area (Å²) >= 11 is 0. The maximum atomic E-state index is 13.3. The van der Waals surface area contributed by atoms with E-state index in [0.717, 1.165) is 12.8 Å². The number of hydrogen-bond donors (Lipinski definition) is 0. The van der Waals surface area contributed by atoms with Gasteiger partial charge in [0.1, 0.15) is 5.75 Å². The molecule has 0 N–H and O–H groups in total. The molecule has 1 saturated carbocycles. The normalized spacial score (nSPS) is 33.3. The van der Waals surface area contributed by atoms with E-state index in [2.05, 4.69) is 0 Å². The lowest BCUT2D eigenvalue weighted by Crippen LogP contribution is -2.58. The van der Waals surface area contributed by atoms with Crippen LogP contribution in [-0.4, -0.2) is 37.5 Å². The van der Waals surface area contributed by atoms with Crippen LogP contribution in [0.5, 0.6) is 5.75 Å². The van der Waals surface area contributed by atoms with Crippen molar-refractivity contribution < 1.29 is 28.6 Å². The molecule has 24 heavy (non-hydrogen) atoms. The highest BCUT2D eigenvalue weighted by Gasteiger charge is 2.76. The summed E-state index contributed by atoms with van der Waals surface area (Å²) in [5, 5.41) is 0.